The number of ether oxygens (including phenoxy) is 4. The average molecular weight is 362 g/mol. The summed E-state index contributed by atoms with van der Waals surface area (Å²) in [4.78, 5) is 22.3. The molecule has 0 aromatic heterocycles. The molecule has 0 saturated heterocycles. The third kappa shape index (κ3) is 8.78. The van der Waals surface area contributed by atoms with Crippen molar-refractivity contribution in [3.05, 3.63) is 0 Å². The van der Waals surface area contributed by atoms with E-state index in [1.165, 1.54) is 41.5 Å². The van der Waals surface area contributed by atoms with Crippen LogP contribution in [-0.2, 0) is 18.9 Å². The van der Waals surface area contributed by atoms with E-state index in [4.69, 9.17) is 0 Å². The SMILES string of the molecule is CC(C)(C)OC(=O)OCC(F)(F)C(F)(F)COC(=O)OC(C)(C)C. The van der Waals surface area contributed by atoms with Crippen LogP contribution in [0, 0.1) is 0 Å². The highest BCUT2D eigenvalue weighted by Crippen LogP contribution is 2.35. The Morgan fingerprint density at radius 3 is 1.12 bits per heavy atom. The smallest absolute Gasteiger partial charge is 0.429 e. The average Bonchev–Trinajstić information content (AvgIpc) is 2.30. The normalized spacial score (nSPS) is 13.2. The van der Waals surface area contributed by atoms with Crippen LogP contribution in [0.15, 0.2) is 0 Å². The first kappa shape index (κ1) is 22.3. The van der Waals surface area contributed by atoms with E-state index in [0.29, 0.717) is 0 Å². The van der Waals surface area contributed by atoms with Gasteiger partial charge in [-0.25, -0.2) is 9.59 Å². The number of carbonyl (C=O) groups is 2. The van der Waals surface area contributed by atoms with E-state index in [9.17, 15) is 27.2 Å². The van der Waals surface area contributed by atoms with Crippen molar-refractivity contribution >= 4 is 12.3 Å². The Hall–Kier alpha value is -1.74. The van der Waals surface area contributed by atoms with Crippen LogP contribution in [0.4, 0.5) is 27.2 Å². The van der Waals surface area contributed by atoms with Gasteiger partial charge in [0.2, 0.25) is 0 Å². The van der Waals surface area contributed by atoms with Gasteiger partial charge in [0.05, 0.1) is 0 Å². The van der Waals surface area contributed by atoms with Crippen molar-refractivity contribution in [3.8, 4) is 0 Å². The monoisotopic (exact) mass is 362 g/mol. The molecule has 0 aromatic rings. The van der Waals surface area contributed by atoms with E-state index in [2.05, 4.69) is 18.9 Å². The highest BCUT2D eigenvalue weighted by Gasteiger charge is 2.58. The molecule has 0 bridgehead atoms. The van der Waals surface area contributed by atoms with Crippen LogP contribution in [0.1, 0.15) is 41.5 Å². The summed E-state index contributed by atoms with van der Waals surface area (Å²) < 4.78 is 71.0. The molecule has 0 amide bonds. The maximum atomic E-state index is 13.5. The van der Waals surface area contributed by atoms with Gasteiger partial charge in [0.1, 0.15) is 11.2 Å². The minimum Gasteiger partial charge on any atom is -0.429 e. The predicted molar refractivity (Wildman–Crippen MR) is 74.3 cm³/mol. The molecule has 0 atom stereocenters. The second kappa shape index (κ2) is 7.43. The van der Waals surface area contributed by atoms with Crippen molar-refractivity contribution in [1.29, 1.82) is 0 Å². The molecule has 0 unspecified atom stereocenters. The molecule has 0 fully saturated rings. The lowest BCUT2D eigenvalue weighted by atomic mass is 10.2. The molecule has 0 aliphatic rings. The van der Waals surface area contributed by atoms with Crippen LogP contribution >= 0.6 is 0 Å². The van der Waals surface area contributed by atoms with Crippen molar-refractivity contribution in [2.45, 2.75) is 64.6 Å². The molecule has 6 nitrogen and oxygen atoms in total. The Labute approximate surface area is 137 Å². The lowest BCUT2D eigenvalue weighted by Gasteiger charge is -2.27. The molecule has 0 spiro atoms. The van der Waals surface area contributed by atoms with Crippen molar-refractivity contribution < 1.29 is 46.1 Å². The third-order valence-corrected chi connectivity index (χ3v) is 2.06. The van der Waals surface area contributed by atoms with Gasteiger partial charge in [-0.2, -0.15) is 17.6 Å². The standard InChI is InChI=1S/C14H22F4O6/c1-11(2,3)23-9(19)21-7-13(15,16)14(17,18)8-22-10(20)24-12(4,5)6/h7-8H2,1-6H3. The van der Waals surface area contributed by atoms with Crippen molar-refractivity contribution in [2.24, 2.45) is 0 Å². The number of carbonyl (C=O) groups excluding carboxylic acids is 2. The first-order valence-electron chi connectivity index (χ1n) is 6.92. The lowest BCUT2D eigenvalue weighted by Crippen LogP contribution is -2.48. The Morgan fingerprint density at radius 2 is 0.917 bits per heavy atom. The number of rotatable bonds is 5. The summed E-state index contributed by atoms with van der Waals surface area (Å²) in [7, 11) is 0. The highest BCUT2D eigenvalue weighted by molar-refractivity contribution is 5.61. The summed E-state index contributed by atoms with van der Waals surface area (Å²) in [6, 6.07) is 0. The summed E-state index contributed by atoms with van der Waals surface area (Å²) in [5.74, 6) is -9.54. The zero-order valence-corrected chi connectivity index (χ0v) is 14.4. The molecule has 0 saturated carbocycles. The third-order valence-electron chi connectivity index (χ3n) is 2.06. The number of halogens is 4. The molecule has 0 rings (SSSR count). The van der Waals surface area contributed by atoms with Gasteiger partial charge in [0.15, 0.2) is 13.2 Å². The van der Waals surface area contributed by atoms with Gasteiger partial charge in [-0.15, -0.1) is 0 Å². The van der Waals surface area contributed by atoms with Crippen molar-refractivity contribution in [1.82, 2.24) is 0 Å². The summed E-state index contributed by atoms with van der Waals surface area (Å²) in [5.41, 5.74) is -2.07. The molecule has 0 radical (unpaired) electrons. The van der Waals surface area contributed by atoms with E-state index in [0.717, 1.165) is 0 Å². The van der Waals surface area contributed by atoms with E-state index in [1.54, 1.807) is 0 Å². The largest absolute Gasteiger partial charge is 0.509 e. The number of hydrogen-bond acceptors (Lipinski definition) is 6. The quantitative estimate of drug-likeness (QED) is 0.540. The maximum Gasteiger partial charge on any atom is 0.509 e. The van der Waals surface area contributed by atoms with Gasteiger partial charge >= 0.3 is 24.2 Å². The molecule has 0 heterocycles. The highest BCUT2D eigenvalue weighted by atomic mass is 19.3. The first-order valence-corrected chi connectivity index (χ1v) is 6.92. The second-order valence-corrected chi connectivity index (χ2v) is 6.92. The summed E-state index contributed by atoms with van der Waals surface area (Å²) >= 11 is 0. The molecule has 10 heteroatoms. The molecule has 24 heavy (non-hydrogen) atoms. The molecule has 0 aromatic carbocycles. The fourth-order valence-electron chi connectivity index (χ4n) is 1.07. The van der Waals surface area contributed by atoms with Crippen molar-refractivity contribution in [2.75, 3.05) is 13.2 Å². The van der Waals surface area contributed by atoms with Gasteiger partial charge in [-0.3, -0.25) is 0 Å². The van der Waals surface area contributed by atoms with Crippen LogP contribution in [0.5, 0.6) is 0 Å². The predicted octanol–water partition coefficient (Wildman–Crippen LogP) is 4.16. The maximum absolute atomic E-state index is 13.5. The van der Waals surface area contributed by atoms with Crippen molar-refractivity contribution in [3.63, 3.8) is 0 Å². The fourth-order valence-corrected chi connectivity index (χ4v) is 1.07. The summed E-state index contributed by atoms with van der Waals surface area (Å²) in [5, 5.41) is 0. The zero-order chi connectivity index (χ0) is 19.4. The number of alkyl halides is 4. The van der Waals surface area contributed by atoms with Gasteiger partial charge in [-0.05, 0) is 41.5 Å². The molecular weight excluding hydrogens is 340 g/mol. The topological polar surface area (TPSA) is 71.1 Å². The van der Waals surface area contributed by atoms with E-state index >= 15 is 0 Å². The van der Waals surface area contributed by atoms with Crippen LogP contribution in [0.2, 0.25) is 0 Å². The Morgan fingerprint density at radius 1 is 0.667 bits per heavy atom. The van der Waals surface area contributed by atoms with Crippen LogP contribution in [0.3, 0.4) is 0 Å². The second-order valence-electron chi connectivity index (χ2n) is 6.92. The molecule has 0 aliphatic heterocycles. The minimum absolute atomic E-state index is 1.03. The minimum atomic E-state index is -4.77. The molecule has 0 N–H and O–H groups in total. The van der Waals surface area contributed by atoms with Crippen LogP contribution in [0.25, 0.3) is 0 Å². The fraction of sp³-hybridized carbons (Fsp3) is 0.857. The Bertz CT molecular complexity index is 409. The van der Waals surface area contributed by atoms with E-state index in [1.807, 2.05) is 0 Å². The molecule has 0 aliphatic carbocycles. The van der Waals surface area contributed by atoms with Gasteiger partial charge < -0.3 is 18.9 Å². The molecular formula is C14H22F4O6. The molecule has 142 valence electrons. The van der Waals surface area contributed by atoms with Gasteiger partial charge in [-0.1, -0.05) is 0 Å². The zero-order valence-electron chi connectivity index (χ0n) is 14.4. The van der Waals surface area contributed by atoms with Crippen LogP contribution in [-0.4, -0.2) is 48.6 Å². The lowest BCUT2D eigenvalue weighted by molar-refractivity contribution is -0.243. The van der Waals surface area contributed by atoms with Gasteiger partial charge in [0, 0.05) is 0 Å². The first-order chi connectivity index (χ1) is 10.5. The van der Waals surface area contributed by atoms with E-state index < -0.39 is 48.6 Å². The Balaban J connectivity index is 4.59. The van der Waals surface area contributed by atoms with Gasteiger partial charge in [0.25, 0.3) is 0 Å². The summed E-state index contributed by atoms with van der Waals surface area (Å²) in [6.45, 7) is 4.77. The number of hydrogen-bond donors (Lipinski definition) is 0. The Kier molecular flexibility index (Phi) is 6.90. The van der Waals surface area contributed by atoms with Crippen LogP contribution < -0.4 is 0 Å². The summed E-state index contributed by atoms with van der Waals surface area (Å²) in [6.07, 6.45) is -3.04. The van der Waals surface area contributed by atoms with E-state index in [-0.39, 0.29) is 0 Å².